The molecular formula is C79H53N3. The van der Waals surface area contributed by atoms with Crippen molar-refractivity contribution in [2.45, 2.75) is 5.41 Å². The van der Waals surface area contributed by atoms with Crippen molar-refractivity contribution in [3.05, 3.63) is 344 Å². The summed E-state index contributed by atoms with van der Waals surface area (Å²) >= 11 is 0. The number of nitrogens with zero attached hydrogens (tertiary/aromatic N) is 3. The van der Waals surface area contributed by atoms with Gasteiger partial charge in [0, 0.05) is 44.2 Å². The van der Waals surface area contributed by atoms with E-state index in [2.05, 4.69) is 336 Å². The van der Waals surface area contributed by atoms with E-state index < -0.39 is 5.41 Å². The van der Waals surface area contributed by atoms with Gasteiger partial charge in [-0.3, -0.25) is 0 Å². The normalized spacial score (nSPS) is 12.5. The molecule has 2 aromatic heterocycles. The zero-order valence-electron chi connectivity index (χ0n) is 44.9. The topological polar surface area (TPSA) is 13.1 Å². The first kappa shape index (κ1) is 47.3. The molecule has 2 heterocycles. The molecule has 384 valence electrons. The van der Waals surface area contributed by atoms with Crippen molar-refractivity contribution in [3.63, 3.8) is 0 Å². The third-order valence-electron chi connectivity index (χ3n) is 17.2. The zero-order chi connectivity index (χ0) is 54.1. The van der Waals surface area contributed by atoms with E-state index in [1.807, 2.05) is 0 Å². The van der Waals surface area contributed by atoms with Crippen LogP contribution in [0.1, 0.15) is 22.3 Å². The second-order valence-electron chi connectivity index (χ2n) is 21.5. The summed E-state index contributed by atoms with van der Waals surface area (Å²) in [7, 11) is 0. The first-order chi connectivity index (χ1) is 40.7. The fraction of sp³-hybridized carbons (Fsp3) is 0.0127. The van der Waals surface area contributed by atoms with Gasteiger partial charge in [-0.15, -0.1) is 0 Å². The molecule has 0 bridgehead atoms. The maximum atomic E-state index is 2.58. The number of benzene rings is 13. The summed E-state index contributed by atoms with van der Waals surface area (Å²) in [6.45, 7) is 0. The molecule has 0 saturated carbocycles. The molecule has 0 saturated heterocycles. The molecule has 82 heavy (non-hydrogen) atoms. The minimum absolute atomic E-state index is 0.664. The van der Waals surface area contributed by atoms with E-state index in [1.54, 1.807) is 0 Å². The average molecular weight is 1040 g/mol. The summed E-state index contributed by atoms with van der Waals surface area (Å²) in [6, 6.07) is 119. The highest BCUT2D eigenvalue weighted by Crippen LogP contribution is 2.59. The van der Waals surface area contributed by atoms with Crippen LogP contribution >= 0.6 is 0 Å². The van der Waals surface area contributed by atoms with Crippen LogP contribution in [0.4, 0.5) is 17.1 Å². The summed E-state index contributed by atoms with van der Waals surface area (Å²) in [5.74, 6) is 0. The molecule has 0 fully saturated rings. The molecule has 1 aliphatic rings. The Balaban J connectivity index is 0.966. The molecule has 0 atom stereocenters. The molecule has 0 N–H and O–H groups in total. The minimum atomic E-state index is -0.664. The fourth-order valence-corrected chi connectivity index (χ4v) is 13.6. The monoisotopic (exact) mass is 1040 g/mol. The van der Waals surface area contributed by atoms with Crippen LogP contribution in [0.25, 0.3) is 99.5 Å². The lowest BCUT2D eigenvalue weighted by molar-refractivity contribution is 0.769. The first-order valence-corrected chi connectivity index (χ1v) is 28.3. The quantitative estimate of drug-likeness (QED) is 0.133. The largest absolute Gasteiger partial charge is 0.309 e. The van der Waals surface area contributed by atoms with Gasteiger partial charge in [-0.1, -0.05) is 261 Å². The van der Waals surface area contributed by atoms with E-state index in [0.717, 1.165) is 39.5 Å². The van der Waals surface area contributed by atoms with Gasteiger partial charge >= 0.3 is 0 Å². The lowest BCUT2D eigenvalue weighted by Gasteiger charge is -2.34. The van der Waals surface area contributed by atoms with Crippen LogP contribution < -0.4 is 4.90 Å². The third kappa shape index (κ3) is 7.37. The molecule has 0 aliphatic heterocycles. The second-order valence-corrected chi connectivity index (χ2v) is 21.5. The second kappa shape index (κ2) is 19.3. The van der Waals surface area contributed by atoms with E-state index >= 15 is 0 Å². The van der Waals surface area contributed by atoms with Crippen LogP contribution in [-0.4, -0.2) is 9.13 Å². The van der Waals surface area contributed by atoms with Crippen LogP contribution in [0.3, 0.4) is 0 Å². The Kier molecular flexibility index (Phi) is 11.1. The van der Waals surface area contributed by atoms with Gasteiger partial charge in [0.25, 0.3) is 0 Å². The van der Waals surface area contributed by atoms with Gasteiger partial charge < -0.3 is 14.0 Å². The van der Waals surface area contributed by atoms with Crippen molar-refractivity contribution in [3.8, 4) is 55.9 Å². The Morgan fingerprint density at radius 3 is 1.34 bits per heavy atom. The number of rotatable bonds is 10. The van der Waals surface area contributed by atoms with Crippen molar-refractivity contribution in [1.29, 1.82) is 0 Å². The molecule has 13 aromatic carbocycles. The van der Waals surface area contributed by atoms with Crippen LogP contribution in [-0.2, 0) is 5.41 Å². The Morgan fingerprint density at radius 1 is 0.280 bits per heavy atom. The number of para-hydroxylation sites is 5. The molecule has 3 heteroatoms. The summed E-state index contributed by atoms with van der Waals surface area (Å²) in [5.41, 5.74) is 23.9. The standard InChI is InChI=1S/C79H53N3/c1-4-22-54(23-5-1)57-42-46-60(47-43-57)79(61-48-44-58(45-49-61)55-24-6-2-7-25-55)70-36-14-10-35-69(70)77-71(79)51-50-68-67-34-13-17-39-74(67)82(78(68)77)76-41-19-18-40-75(76)80(62-29-20-28-59(52-62)56-26-8-3-9-27-56)63-30-21-31-64(53-63)81-72-37-15-11-32-65(72)66-33-12-16-38-73(66)81/h1-53H. The van der Waals surface area contributed by atoms with E-state index in [-0.39, 0.29) is 0 Å². The fourth-order valence-electron chi connectivity index (χ4n) is 13.6. The van der Waals surface area contributed by atoms with Crippen LogP contribution in [0, 0.1) is 0 Å². The summed E-state index contributed by atoms with van der Waals surface area (Å²) in [6.07, 6.45) is 0. The minimum Gasteiger partial charge on any atom is -0.309 e. The molecule has 0 spiro atoms. The first-order valence-electron chi connectivity index (χ1n) is 28.3. The summed E-state index contributed by atoms with van der Waals surface area (Å²) < 4.78 is 5.00. The number of fused-ring (bicyclic) bond motifs is 10. The van der Waals surface area contributed by atoms with E-state index in [9.17, 15) is 0 Å². The molecule has 1 aliphatic carbocycles. The highest BCUT2D eigenvalue weighted by molar-refractivity contribution is 6.17. The molecule has 16 rings (SSSR count). The molecule has 0 amide bonds. The summed E-state index contributed by atoms with van der Waals surface area (Å²) in [4.78, 5) is 2.48. The highest BCUT2D eigenvalue weighted by atomic mass is 15.2. The number of aromatic nitrogens is 2. The van der Waals surface area contributed by atoms with Gasteiger partial charge in [0.15, 0.2) is 0 Å². The highest BCUT2D eigenvalue weighted by Gasteiger charge is 2.47. The van der Waals surface area contributed by atoms with E-state index in [1.165, 1.54) is 99.3 Å². The predicted octanol–water partition coefficient (Wildman–Crippen LogP) is 20.7. The van der Waals surface area contributed by atoms with E-state index in [4.69, 9.17) is 0 Å². The Labute approximate surface area is 477 Å². The van der Waals surface area contributed by atoms with Gasteiger partial charge in [0.2, 0.25) is 0 Å². The van der Waals surface area contributed by atoms with Gasteiger partial charge in [0.1, 0.15) is 0 Å². The van der Waals surface area contributed by atoms with Crippen molar-refractivity contribution in [1.82, 2.24) is 9.13 Å². The van der Waals surface area contributed by atoms with Gasteiger partial charge in [-0.2, -0.15) is 0 Å². The SMILES string of the molecule is c1ccc(-c2ccc(C3(c4ccc(-c5ccccc5)cc4)c4ccccc4-c4c3ccc3c5ccccc5n(-c5ccccc5N(c5cccc(-c6ccccc6)c5)c5cccc(-n6c7ccccc7c7ccccc76)c5)c43)cc2)cc1. The maximum Gasteiger partial charge on any atom is 0.0714 e. The Bertz CT molecular complexity index is 4760. The summed E-state index contributed by atoms with van der Waals surface area (Å²) in [5, 5.41) is 4.88. The number of anilines is 3. The van der Waals surface area contributed by atoms with Gasteiger partial charge in [0.05, 0.1) is 38.9 Å². The number of hydrogen-bond donors (Lipinski definition) is 0. The Hall–Kier alpha value is -10.7. The van der Waals surface area contributed by atoms with Crippen molar-refractivity contribution in [2.24, 2.45) is 0 Å². The van der Waals surface area contributed by atoms with Crippen LogP contribution in [0.15, 0.2) is 322 Å². The van der Waals surface area contributed by atoms with Crippen LogP contribution in [0.2, 0.25) is 0 Å². The number of hydrogen-bond acceptors (Lipinski definition) is 1. The smallest absolute Gasteiger partial charge is 0.0714 e. The van der Waals surface area contributed by atoms with Crippen molar-refractivity contribution >= 4 is 60.7 Å². The third-order valence-corrected chi connectivity index (χ3v) is 17.2. The molecule has 15 aromatic rings. The molecule has 3 nitrogen and oxygen atoms in total. The van der Waals surface area contributed by atoms with E-state index in [0.29, 0.717) is 0 Å². The van der Waals surface area contributed by atoms with Crippen LogP contribution in [0.5, 0.6) is 0 Å². The zero-order valence-corrected chi connectivity index (χ0v) is 44.9. The predicted molar refractivity (Wildman–Crippen MR) is 343 cm³/mol. The average Bonchev–Trinajstić information content (AvgIpc) is 4.37. The molecule has 0 radical (unpaired) electrons. The van der Waals surface area contributed by atoms with Crippen molar-refractivity contribution < 1.29 is 0 Å². The van der Waals surface area contributed by atoms with Gasteiger partial charge in [-0.25, -0.2) is 0 Å². The molecule has 0 unspecified atom stereocenters. The maximum absolute atomic E-state index is 2.58. The van der Waals surface area contributed by atoms with Crippen molar-refractivity contribution in [2.75, 3.05) is 4.90 Å². The lowest BCUT2D eigenvalue weighted by atomic mass is 9.67. The Morgan fingerprint density at radius 2 is 0.732 bits per heavy atom. The van der Waals surface area contributed by atoms with Gasteiger partial charge in [-0.05, 0) is 122 Å². The lowest BCUT2D eigenvalue weighted by Crippen LogP contribution is -2.28. The molecular weight excluding hydrogens is 991 g/mol.